The quantitative estimate of drug-likeness (QED) is 0.0221. The predicted octanol–water partition coefficient (Wildman–Crippen LogP) is 11.5. The van der Waals surface area contributed by atoms with Gasteiger partial charge in [-0.2, -0.15) is 0 Å². The largest absolute Gasteiger partial charge is 0.477 e. The van der Waals surface area contributed by atoms with Crippen molar-refractivity contribution in [3.05, 3.63) is 36.5 Å². The minimum absolute atomic E-state index is 0.0522. The van der Waals surface area contributed by atoms with Crippen LogP contribution in [0.4, 0.5) is 0 Å². The Morgan fingerprint density at radius 2 is 1.02 bits per heavy atom. The number of nitrogens with zero attached hydrogens (tertiary/aromatic N) is 1. The number of carbonyl (C=O) groups is 3. The van der Waals surface area contributed by atoms with Crippen LogP contribution in [-0.2, 0) is 28.6 Å². The molecule has 0 heterocycles. The molecule has 0 aliphatic rings. The lowest BCUT2D eigenvalue weighted by Gasteiger charge is -2.31. The monoisotopic (exact) mass is 749 g/mol. The fourth-order valence-corrected chi connectivity index (χ4v) is 6.14. The van der Waals surface area contributed by atoms with Crippen molar-refractivity contribution in [3.63, 3.8) is 0 Å². The summed E-state index contributed by atoms with van der Waals surface area (Å²) in [7, 11) is 5.51. The van der Waals surface area contributed by atoms with Crippen molar-refractivity contribution < 1.29 is 38.2 Å². The fourth-order valence-electron chi connectivity index (χ4n) is 6.14. The molecule has 2 unspecified atom stereocenters. The van der Waals surface area contributed by atoms with Crippen molar-refractivity contribution in [1.29, 1.82) is 0 Å². The van der Waals surface area contributed by atoms with Gasteiger partial charge < -0.3 is 23.8 Å². The molecule has 0 aromatic rings. The first-order chi connectivity index (χ1) is 25.6. The number of unbranched alkanes of at least 4 members (excludes halogenated alkanes) is 19. The molecule has 8 nitrogen and oxygen atoms in total. The van der Waals surface area contributed by atoms with Crippen molar-refractivity contribution in [2.24, 2.45) is 0 Å². The topological polar surface area (TPSA) is 99.1 Å². The first-order valence-corrected chi connectivity index (χ1v) is 21.5. The van der Waals surface area contributed by atoms with Crippen LogP contribution in [-0.4, -0.2) is 80.6 Å². The highest BCUT2D eigenvalue weighted by molar-refractivity contribution is 5.72. The molecular formula is C45H82NO7+. The Bertz CT molecular complexity index is 968. The zero-order chi connectivity index (χ0) is 39.3. The number of carbonyl (C=O) groups excluding carboxylic acids is 2. The highest BCUT2D eigenvalue weighted by Crippen LogP contribution is 2.14. The lowest BCUT2D eigenvalue weighted by atomic mass is 10.1. The molecule has 0 bridgehead atoms. The van der Waals surface area contributed by atoms with Crippen LogP contribution in [0.5, 0.6) is 0 Å². The van der Waals surface area contributed by atoms with Crippen LogP contribution in [0.3, 0.4) is 0 Å². The summed E-state index contributed by atoms with van der Waals surface area (Å²) >= 11 is 0. The summed E-state index contributed by atoms with van der Waals surface area (Å²) in [5, 5.41) is 9.59. The number of carboxylic acids is 1. The molecule has 0 aromatic heterocycles. The molecule has 0 saturated carbocycles. The molecule has 0 aliphatic carbocycles. The number of likely N-dealkylation sites (N-methyl/N-ethyl adjacent to an activating group) is 1. The Kier molecular flexibility index (Phi) is 34.8. The number of carboxylic acid groups (broad SMARTS) is 1. The smallest absolute Gasteiger partial charge is 0.362 e. The van der Waals surface area contributed by atoms with Crippen molar-refractivity contribution >= 4 is 17.9 Å². The van der Waals surface area contributed by atoms with Gasteiger partial charge in [0.1, 0.15) is 6.61 Å². The third-order valence-electron chi connectivity index (χ3n) is 9.54. The van der Waals surface area contributed by atoms with Crippen molar-refractivity contribution in [1.82, 2.24) is 0 Å². The van der Waals surface area contributed by atoms with Gasteiger partial charge in [-0.3, -0.25) is 9.59 Å². The highest BCUT2D eigenvalue weighted by atomic mass is 16.6. The molecule has 0 rings (SSSR count). The lowest BCUT2D eigenvalue weighted by molar-refractivity contribution is -0.887. The maximum absolute atomic E-state index is 12.7. The van der Waals surface area contributed by atoms with E-state index in [4.69, 9.17) is 14.2 Å². The number of rotatable bonds is 38. The minimum atomic E-state index is -0.879. The van der Waals surface area contributed by atoms with Crippen LogP contribution < -0.4 is 0 Å². The van der Waals surface area contributed by atoms with Crippen LogP contribution >= 0.6 is 0 Å². The van der Waals surface area contributed by atoms with Gasteiger partial charge in [0.25, 0.3) is 0 Å². The number of hydrogen-bond acceptors (Lipinski definition) is 6. The summed E-state index contributed by atoms with van der Waals surface area (Å²) in [6.45, 7) is 4.65. The Balaban J connectivity index is 4.29. The summed E-state index contributed by atoms with van der Waals surface area (Å²) in [5.41, 5.74) is 0. The summed E-state index contributed by atoms with van der Waals surface area (Å²) in [5.74, 6) is -1.51. The lowest BCUT2D eigenvalue weighted by Crippen LogP contribution is -2.50. The summed E-state index contributed by atoms with van der Waals surface area (Å²) in [4.78, 5) is 36.8. The van der Waals surface area contributed by atoms with Crippen LogP contribution in [0.15, 0.2) is 36.5 Å². The zero-order valence-corrected chi connectivity index (χ0v) is 35.0. The third kappa shape index (κ3) is 35.0. The molecule has 0 aromatic carbocycles. The Morgan fingerprint density at radius 1 is 0.566 bits per heavy atom. The van der Waals surface area contributed by atoms with Gasteiger partial charge in [-0.1, -0.05) is 140 Å². The fraction of sp³-hybridized carbons (Fsp3) is 0.800. The van der Waals surface area contributed by atoms with Gasteiger partial charge in [-0.25, -0.2) is 4.79 Å². The maximum atomic E-state index is 12.7. The second kappa shape index (κ2) is 36.5. The molecule has 0 radical (unpaired) electrons. The normalized spacial score (nSPS) is 13.3. The molecular weight excluding hydrogens is 666 g/mol. The number of esters is 2. The molecule has 308 valence electrons. The molecule has 2 atom stereocenters. The SMILES string of the molecule is CCCCCC/C=C/C=C/CCCCCCCCCCCCC(=O)OC(COCCC(C(=O)O)[N+](C)(C)C)COC(=O)CCC/C=C/CCCCCC. The van der Waals surface area contributed by atoms with E-state index < -0.39 is 18.1 Å². The summed E-state index contributed by atoms with van der Waals surface area (Å²) in [6, 6.07) is -0.617. The maximum Gasteiger partial charge on any atom is 0.362 e. The Morgan fingerprint density at radius 3 is 1.53 bits per heavy atom. The molecule has 53 heavy (non-hydrogen) atoms. The van der Waals surface area contributed by atoms with E-state index in [0.29, 0.717) is 25.7 Å². The number of aliphatic carboxylic acids is 1. The van der Waals surface area contributed by atoms with Crippen molar-refractivity contribution in [2.75, 3.05) is 41.0 Å². The van der Waals surface area contributed by atoms with Crippen LogP contribution in [0.1, 0.15) is 181 Å². The van der Waals surface area contributed by atoms with Gasteiger partial charge in [0.15, 0.2) is 12.1 Å². The first kappa shape index (κ1) is 50.5. The predicted molar refractivity (Wildman–Crippen MR) is 220 cm³/mol. The standard InChI is InChI=1S/C45H81NO7/c1-6-8-10-12-14-16-17-18-19-20-21-22-23-24-25-26-28-30-32-34-36-44(48)53-41(39-51-38-37-42(45(49)50)46(3,4)5)40-52-43(47)35-33-31-29-27-15-13-11-9-7-2/h16-19,27,29,41-42H,6-15,20-26,28,30-40H2,1-5H3/p+1/b17-16+,19-18+,29-27+. The second-order valence-corrected chi connectivity index (χ2v) is 15.6. The van der Waals surface area contributed by atoms with Gasteiger partial charge in [0.2, 0.25) is 0 Å². The number of quaternary nitrogens is 1. The van der Waals surface area contributed by atoms with Gasteiger partial charge in [-0.05, 0) is 57.8 Å². The van der Waals surface area contributed by atoms with Crippen LogP contribution in [0.2, 0.25) is 0 Å². The average molecular weight is 749 g/mol. The minimum Gasteiger partial charge on any atom is -0.477 e. The molecule has 8 heteroatoms. The Labute approximate surface area is 325 Å². The number of allylic oxidation sites excluding steroid dienone is 6. The van der Waals surface area contributed by atoms with E-state index >= 15 is 0 Å². The van der Waals surface area contributed by atoms with E-state index in [-0.39, 0.29) is 36.2 Å². The highest BCUT2D eigenvalue weighted by Gasteiger charge is 2.31. The number of hydrogen-bond donors (Lipinski definition) is 1. The van der Waals surface area contributed by atoms with E-state index in [9.17, 15) is 19.5 Å². The molecule has 1 N–H and O–H groups in total. The van der Waals surface area contributed by atoms with Gasteiger partial charge in [0, 0.05) is 19.3 Å². The van der Waals surface area contributed by atoms with Crippen LogP contribution in [0, 0.1) is 0 Å². The van der Waals surface area contributed by atoms with Crippen molar-refractivity contribution in [3.8, 4) is 0 Å². The number of ether oxygens (including phenoxy) is 3. The summed E-state index contributed by atoms with van der Waals surface area (Å²) in [6.07, 6.45) is 40.5. The van der Waals surface area contributed by atoms with Gasteiger partial charge >= 0.3 is 17.9 Å². The molecule has 0 amide bonds. The third-order valence-corrected chi connectivity index (χ3v) is 9.54. The molecule has 0 aliphatic heterocycles. The van der Waals surface area contributed by atoms with Gasteiger partial charge in [0.05, 0.1) is 34.4 Å². The molecule has 0 saturated heterocycles. The second-order valence-electron chi connectivity index (χ2n) is 15.6. The first-order valence-electron chi connectivity index (χ1n) is 21.5. The zero-order valence-electron chi connectivity index (χ0n) is 35.0. The van der Waals surface area contributed by atoms with E-state index in [1.165, 1.54) is 109 Å². The molecule has 0 spiro atoms. The molecule has 0 fully saturated rings. The average Bonchev–Trinajstić information content (AvgIpc) is 3.11. The van der Waals surface area contributed by atoms with Crippen LogP contribution in [0.25, 0.3) is 0 Å². The summed E-state index contributed by atoms with van der Waals surface area (Å²) < 4.78 is 17.2. The van der Waals surface area contributed by atoms with Gasteiger partial charge in [-0.15, -0.1) is 0 Å². The van der Waals surface area contributed by atoms with E-state index in [1.807, 2.05) is 21.1 Å². The Hall–Kier alpha value is -2.45. The van der Waals surface area contributed by atoms with E-state index in [2.05, 4.69) is 50.3 Å². The van der Waals surface area contributed by atoms with Crippen molar-refractivity contribution in [2.45, 2.75) is 193 Å². The van der Waals surface area contributed by atoms with E-state index in [0.717, 1.165) is 32.1 Å². The van der Waals surface area contributed by atoms with E-state index in [1.54, 1.807) is 0 Å².